The number of rotatable bonds is 4. The highest BCUT2D eigenvalue weighted by Gasteiger charge is 2.41. The fraction of sp³-hybridized carbons (Fsp3) is 0.588. The summed E-state index contributed by atoms with van der Waals surface area (Å²) in [6.07, 6.45) is 4.35. The standard InChI is InChI=1S/C17H23FN2O2/c1-20(12-7-8-15(22-2)14(18)10-12)17(21)13-4-3-9-19-16(13)11-5-6-11/h7-8,10-11,13,16,19H,3-6,9H2,1-2H3/t13-,16-/m1/s1. The molecule has 1 aliphatic carbocycles. The number of benzene rings is 1. The van der Waals surface area contributed by atoms with Crippen molar-refractivity contribution in [2.24, 2.45) is 11.8 Å². The van der Waals surface area contributed by atoms with E-state index in [1.807, 2.05) is 0 Å². The smallest absolute Gasteiger partial charge is 0.231 e. The highest BCUT2D eigenvalue weighted by Crippen LogP contribution is 2.39. The molecule has 1 aromatic rings. The summed E-state index contributed by atoms with van der Waals surface area (Å²) >= 11 is 0. The molecule has 22 heavy (non-hydrogen) atoms. The minimum Gasteiger partial charge on any atom is -0.494 e. The molecular weight excluding hydrogens is 283 g/mol. The Morgan fingerprint density at radius 2 is 2.14 bits per heavy atom. The minimum absolute atomic E-state index is 0.00332. The largest absolute Gasteiger partial charge is 0.494 e. The van der Waals surface area contributed by atoms with Crippen LogP contribution >= 0.6 is 0 Å². The molecule has 2 aliphatic rings. The van der Waals surface area contributed by atoms with E-state index in [0.717, 1.165) is 19.4 Å². The number of amides is 1. The van der Waals surface area contributed by atoms with E-state index in [2.05, 4.69) is 5.32 Å². The quantitative estimate of drug-likeness (QED) is 0.929. The minimum atomic E-state index is -0.444. The average Bonchev–Trinajstić information content (AvgIpc) is 3.38. The second kappa shape index (κ2) is 6.24. The Morgan fingerprint density at radius 3 is 2.77 bits per heavy atom. The molecule has 120 valence electrons. The van der Waals surface area contributed by atoms with Crippen LogP contribution in [0.25, 0.3) is 0 Å². The average molecular weight is 306 g/mol. The first kappa shape index (κ1) is 15.3. The fourth-order valence-corrected chi connectivity index (χ4v) is 3.38. The summed E-state index contributed by atoms with van der Waals surface area (Å²) < 4.78 is 18.8. The monoisotopic (exact) mass is 306 g/mol. The number of hydrogen-bond donors (Lipinski definition) is 1. The third-order valence-electron chi connectivity index (χ3n) is 4.81. The van der Waals surface area contributed by atoms with Crippen LogP contribution in [-0.4, -0.2) is 32.7 Å². The number of nitrogens with one attached hydrogen (secondary N) is 1. The van der Waals surface area contributed by atoms with E-state index in [1.54, 1.807) is 24.1 Å². The summed E-state index contributed by atoms with van der Waals surface area (Å²) in [5, 5.41) is 3.51. The molecule has 2 atom stereocenters. The van der Waals surface area contributed by atoms with Crippen molar-refractivity contribution in [1.29, 1.82) is 0 Å². The van der Waals surface area contributed by atoms with Crippen LogP contribution in [-0.2, 0) is 4.79 Å². The maximum absolute atomic E-state index is 13.9. The maximum atomic E-state index is 13.9. The predicted molar refractivity (Wildman–Crippen MR) is 83.6 cm³/mol. The number of hydrogen-bond acceptors (Lipinski definition) is 3. The Bertz CT molecular complexity index is 560. The Morgan fingerprint density at radius 1 is 1.36 bits per heavy atom. The van der Waals surface area contributed by atoms with Gasteiger partial charge in [-0.05, 0) is 50.3 Å². The molecule has 0 radical (unpaired) electrons. The van der Waals surface area contributed by atoms with E-state index >= 15 is 0 Å². The van der Waals surface area contributed by atoms with Gasteiger partial charge in [-0.3, -0.25) is 4.79 Å². The van der Waals surface area contributed by atoms with E-state index in [0.29, 0.717) is 11.6 Å². The van der Waals surface area contributed by atoms with Gasteiger partial charge >= 0.3 is 0 Å². The Labute approximate surface area is 130 Å². The van der Waals surface area contributed by atoms with Gasteiger partial charge in [-0.1, -0.05) is 0 Å². The molecule has 1 aliphatic heterocycles. The van der Waals surface area contributed by atoms with Crippen molar-refractivity contribution in [2.75, 3.05) is 25.6 Å². The topological polar surface area (TPSA) is 41.6 Å². The summed E-state index contributed by atoms with van der Waals surface area (Å²) in [5.41, 5.74) is 0.573. The highest BCUT2D eigenvalue weighted by molar-refractivity contribution is 5.95. The third-order valence-corrected chi connectivity index (χ3v) is 4.81. The molecule has 0 bridgehead atoms. The van der Waals surface area contributed by atoms with Gasteiger partial charge in [0.15, 0.2) is 11.6 Å². The molecule has 5 heteroatoms. The summed E-state index contributed by atoms with van der Waals surface area (Å²) in [4.78, 5) is 14.4. The van der Waals surface area contributed by atoms with Crippen LogP contribution in [0.3, 0.4) is 0 Å². The number of piperidine rings is 1. The second-order valence-electron chi connectivity index (χ2n) is 6.28. The number of carbonyl (C=O) groups excluding carboxylic acids is 1. The molecule has 1 saturated heterocycles. The number of ether oxygens (including phenoxy) is 1. The normalized spacial score (nSPS) is 24.9. The fourth-order valence-electron chi connectivity index (χ4n) is 3.38. The lowest BCUT2D eigenvalue weighted by molar-refractivity contribution is -0.124. The van der Waals surface area contributed by atoms with Gasteiger partial charge < -0.3 is 15.0 Å². The summed E-state index contributed by atoms with van der Waals surface area (Å²) in [7, 11) is 3.16. The molecule has 0 aromatic heterocycles. The first-order valence-corrected chi connectivity index (χ1v) is 7.96. The Hall–Kier alpha value is -1.62. The zero-order valence-corrected chi connectivity index (χ0v) is 13.1. The molecule has 0 spiro atoms. The van der Waals surface area contributed by atoms with Crippen LogP contribution in [0.1, 0.15) is 25.7 Å². The van der Waals surface area contributed by atoms with Crippen molar-refractivity contribution in [1.82, 2.24) is 5.32 Å². The van der Waals surface area contributed by atoms with Crippen LogP contribution in [0, 0.1) is 17.7 Å². The van der Waals surface area contributed by atoms with Crippen molar-refractivity contribution in [2.45, 2.75) is 31.7 Å². The zero-order valence-electron chi connectivity index (χ0n) is 13.1. The maximum Gasteiger partial charge on any atom is 0.231 e. The van der Waals surface area contributed by atoms with Crippen molar-refractivity contribution < 1.29 is 13.9 Å². The molecule has 3 rings (SSSR count). The first-order valence-electron chi connectivity index (χ1n) is 7.96. The van der Waals surface area contributed by atoms with E-state index in [4.69, 9.17) is 4.74 Å². The van der Waals surface area contributed by atoms with Crippen LogP contribution in [0.4, 0.5) is 10.1 Å². The molecule has 4 nitrogen and oxygen atoms in total. The predicted octanol–water partition coefficient (Wildman–Crippen LogP) is 2.58. The van der Waals surface area contributed by atoms with Crippen LogP contribution in [0.2, 0.25) is 0 Å². The highest BCUT2D eigenvalue weighted by atomic mass is 19.1. The van der Waals surface area contributed by atoms with Crippen LogP contribution in [0.5, 0.6) is 5.75 Å². The lowest BCUT2D eigenvalue weighted by atomic mass is 9.86. The van der Waals surface area contributed by atoms with E-state index < -0.39 is 5.82 Å². The van der Waals surface area contributed by atoms with Crippen molar-refractivity contribution in [3.63, 3.8) is 0 Å². The van der Waals surface area contributed by atoms with Crippen LogP contribution < -0.4 is 15.0 Å². The number of anilines is 1. The van der Waals surface area contributed by atoms with E-state index in [-0.39, 0.29) is 23.6 Å². The summed E-state index contributed by atoms with van der Waals surface area (Å²) in [5.74, 6) is 0.459. The molecule has 1 heterocycles. The van der Waals surface area contributed by atoms with Gasteiger partial charge in [-0.25, -0.2) is 4.39 Å². The molecule has 1 N–H and O–H groups in total. The number of halogens is 1. The lowest BCUT2D eigenvalue weighted by Crippen LogP contribution is -2.50. The molecule has 0 unspecified atom stereocenters. The molecular formula is C17H23FN2O2. The molecule has 1 amide bonds. The van der Waals surface area contributed by atoms with Gasteiger partial charge in [0.2, 0.25) is 5.91 Å². The van der Waals surface area contributed by atoms with Crippen molar-refractivity contribution in [3.8, 4) is 5.75 Å². The number of carbonyl (C=O) groups is 1. The summed E-state index contributed by atoms with van der Waals surface area (Å²) in [6.45, 7) is 0.992. The van der Waals surface area contributed by atoms with Crippen molar-refractivity contribution in [3.05, 3.63) is 24.0 Å². The molecule has 1 aromatic carbocycles. The lowest BCUT2D eigenvalue weighted by Gasteiger charge is -2.34. The number of methoxy groups -OCH3 is 1. The van der Waals surface area contributed by atoms with E-state index in [9.17, 15) is 9.18 Å². The first-order chi connectivity index (χ1) is 10.6. The zero-order chi connectivity index (χ0) is 15.7. The molecule has 2 fully saturated rings. The van der Waals surface area contributed by atoms with E-state index in [1.165, 1.54) is 26.0 Å². The van der Waals surface area contributed by atoms with Gasteiger partial charge in [-0.15, -0.1) is 0 Å². The Balaban J connectivity index is 1.76. The second-order valence-corrected chi connectivity index (χ2v) is 6.28. The number of nitrogens with zero attached hydrogens (tertiary/aromatic N) is 1. The van der Waals surface area contributed by atoms with Gasteiger partial charge in [0, 0.05) is 24.8 Å². The third kappa shape index (κ3) is 2.95. The summed E-state index contributed by atoms with van der Waals surface area (Å²) in [6, 6.07) is 4.93. The SMILES string of the molecule is COc1ccc(N(C)C(=O)[C@@H]2CCCN[C@@H]2C2CC2)cc1F. The van der Waals surface area contributed by atoms with Gasteiger partial charge in [-0.2, -0.15) is 0 Å². The molecule has 1 saturated carbocycles. The van der Waals surface area contributed by atoms with Gasteiger partial charge in [0.1, 0.15) is 0 Å². The van der Waals surface area contributed by atoms with Gasteiger partial charge in [0.05, 0.1) is 13.0 Å². The van der Waals surface area contributed by atoms with Crippen LogP contribution in [0.15, 0.2) is 18.2 Å². The van der Waals surface area contributed by atoms with Gasteiger partial charge in [0.25, 0.3) is 0 Å². The van der Waals surface area contributed by atoms with Crippen molar-refractivity contribution >= 4 is 11.6 Å². The Kier molecular flexibility index (Phi) is 4.34.